The van der Waals surface area contributed by atoms with Crippen molar-refractivity contribution in [2.45, 2.75) is 6.92 Å². The lowest BCUT2D eigenvalue weighted by molar-refractivity contribution is 0.840. The maximum atomic E-state index is 8.82. The SMILES string of the molecule is Cc1cc(C#N)cc(-n2cc(Br)cn2)n1. The number of aryl methyl sites for hydroxylation is 1. The number of hydrogen-bond acceptors (Lipinski definition) is 3. The average molecular weight is 263 g/mol. The minimum absolute atomic E-state index is 0.587. The molecule has 2 heterocycles. The Kier molecular flexibility index (Phi) is 2.52. The number of nitriles is 1. The highest BCUT2D eigenvalue weighted by atomic mass is 79.9. The van der Waals surface area contributed by atoms with Crippen LogP contribution in [0.3, 0.4) is 0 Å². The van der Waals surface area contributed by atoms with Gasteiger partial charge in [0, 0.05) is 18.0 Å². The molecule has 2 aromatic heterocycles. The van der Waals surface area contributed by atoms with Gasteiger partial charge in [-0.2, -0.15) is 10.4 Å². The van der Waals surface area contributed by atoms with E-state index >= 15 is 0 Å². The lowest BCUT2D eigenvalue weighted by atomic mass is 10.2. The molecule has 0 radical (unpaired) electrons. The quantitative estimate of drug-likeness (QED) is 0.792. The molecule has 0 aliphatic rings. The van der Waals surface area contributed by atoms with E-state index in [1.54, 1.807) is 29.2 Å². The summed E-state index contributed by atoms with van der Waals surface area (Å²) in [6.45, 7) is 1.85. The lowest BCUT2D eigenvalue weighted by Gasteiger charge is -2.01. The van der Waals surface area contributed by atoms with E-state index in [9.17, 15) is 0 Å². The molecule has 0 N–H and O–H groups in total. The standard InChI is InChI=1S/C10H7BrN4/c1-7-2-8(4-12)3-10(14-7)15-6-9(11)5-13-15/h2-3,5-6H,1H3. The van der Waals surface area contributed by atoms with Crippen molar-refractivity contribution < 1.29 is 0 Å². The Morgan fingerprint density at radius 1 is 1.47 bits per heavy atom. The van der Waals surface area contributed by atoms with Crippen molar-refractivity contribution in [3.05, 3.63) is 40.3 Å². The summed E-state index contributed by atoms with van der Waals surface area (Å²) in [5, 5.41) is 12.9. The Bertz CT molecular complexity index is 539. The average Bonchev–Trinajstić information content (AvgIpc) is 2.64. The fraction of sp³-hybridized carbons (Fsp3) is 0.100. The molecular formula is C10H7BrN4. The topological polar surface area (TPSA) is 54.5 Å². The minimum atomic E-state index is 0.587. The van der Waals surface area contributed by atoms with Crippen molar-refractivity contribution in [3.8, 4) is 11.9 Å². The van der Waals surface area contributed by atoms with Gasteiger partial charge < -0.3 is 0 Å². The zero-order valence-corrected chi connectivity index (χ0v) is 9.56. The van der Waals surface area contributed by atoms with Gasteiger partial charge in [0.25, 0.3) is 0 Å². The second kappa shape index (κ2) is 3.83. The van der Waals surface area contributed by atoms with Gasteiger partial charge in [0.15, 0.2) is 5.82 Å². The second-order valence-corrected chi connectivity index (χ2v) is 3.99. The molecule has 0 bridgehead atoms. The number of hydrogen-bond donors (Lipinski definition) is 0. The summed E-state index contributed by atoms with van der Waals surface area (Å²) in [6, 6.07) is 5.53. The van der Waals surface area contributed by atoms with E-state index < -0.39 is 0 Å². The summed E-state index contributed by atoms with van der Waals surface area (Å²) >= 11 is 3.31. The Morgan fingerprint density at radius 3 is 2.87 bits per heavy atom. The summed E-state index contributed by atoms with van der Waals surface area (Å²) in [7, 11) is 0. The van der Waals surface area contributed by atoms with Crippen molar-refractivity contribution in [1.29, 1.82) is 5.26 Å². The van der Waals surface area contributed by atoms with Gasteiger partial charge in [-0.3, -0.25) is 0 Å². The van der Waals surface area contributed by atoms with Crippen LogP contribution in [-0.4, -0.2) is 14.8 Å². The van der Waals surface area contributed by atoms with Crippen LogP contribution >= 0.6 is 15.9 Å². The molecule has 0 aliphatic heterocycles. The van der Waals surface area contributed by atoms with Crippen LogP contribution in [-0.2, 0) is 0 Å². The second-order valence-electron chi connectivity index (χ2n) is 3.07. The largest absolute Gasteiger partial charge is 0.234 e. The normalized spacial score (nSPS) is 9.93. The first-order valence-electron chi connectivity index (χ1n) is 4.28. The van der Waals surface area contributed by atoms with Gasteiger partial charge >= 0.3 is 0 Å². The molecule has 0 saturated carbocycles. The number of aromatic nitrogens is 3. The molecular weight excluding hydrogens is 256 g/mol. The van der Waals surface area contributed by atoms with Crippen LogP contribution in [0.15, 0.2) is 29.0 Å². The summed E-state index contributed by atoms with van der Waals surface area (Å²) in [6.07, 6.45) is 3.47. The number of halogens is 1. The van der Waals surface area contributed by atoms with Crippen LogP contribution in [0.1, 0.15) is 11.3 Å². The first kappa shape index (κ1) is 9.87. The van der Waals surface area contributed by atoms with Crippen LogP contribution in [0.5, 0.6) is 0 Å². The van der Waals surface area contributed by atoms with E-state index in [1.165, 1.54) is 0 Å². The van der Waals surface area contributed by atoms with Crippen molar-refractivity contribution in [3.63, 3.8) is 0 Å². The molecule has 2 aromatic rings. The molecule has 0 atom stereocenters. The number of nitrogens with zero attached hydrogens (tertiary/aromatic N) is 4. The Hall–Kier alpha value is -1.67. The molecule has 0 amide bonds. The molecule has 2 rings (SSSR count). The Labute approximate surface area is 95.3 Å². The highest BCUT2D eigenvalue weighted by Crippen LogP contribution is 2.12. The summed E-state index contributed by atoms with van der Waals surface area (Å²) in [5.41, 5.74) is 1.39. The summed E-state index contributed by atoms with van der Waals surface area (Å²) in [4.78, 5) is 4.29. The molecule has 15 heavy (non-hydrogen) atoms. The van der Waals surface area contributed by atoms with Gasteiger partial charge in [-0.1, -0.05) is 0 Å². The van der Waals surface area contributed by atoms with E-state index in [2.05, 4.69) is 32.1 Å². The van der Waals surface area contributed by atoms with E-state index in [0.717, 1.165) is 10.2 Å². The highest BCUT2D eigenvalue weighted by molar-refractivity contribution is 9.10. The van der Waals surface area contributed by atoms with Crippen LogP contribution in [0.2, 0.25) is 0 Å². The maximum absolute atomic E-state index is 8.82. The molecule has 0 aliphatic carbocycles. The summed E-state index contributed by atoms with van der Waals surface area (Å²) < 4.78 is 2.50. The molecule has 4 nitrogen and oxygen atoms in total. The zero-order valence-electron chi connectivity index (χ0n) is 7.98. The van der Waals surface area contributed by atoms with E-state index in [-0.39, 0.29) is 0 Å². The zero-order chi connectivity index (χ0) is 10.8. The van der Waals surface area contributed by atoms with Crippen molar-refractivity contribution >= 4 is 15.9 Å². The Balaban J connectivity index is 2.54. The number of rotatable bonds is 1. The first-order valence-corrected chi connectivity index (χ1v) is 5.07. The fourth-order valence-electron chi connectivity index (χ4n) is 1.26. The third-order valence-corrected chi connectivity index (χ3v) is 2.26. The predicted molar refractivity (Wildman–Crippen MR) is 58.5 cm³/mol. The van der Waals surface area contributed by atoms with Crippen molar-refractivity contribution in [2.24, 2.45) is 0 Å². The minimum Gasteiger partial charge on any atom is -0.234 e. The highest BCUT2D eigenvalue weighted by Gasteiger charge is 2.03. The van der Waals surface area contributed by atoms with E-state index in [0.29, 0.717) is 11.4 Å². The van der Waals surface area contributed by atoms with E-state index in [1.807, 2.05) is 6.92 Å². The molecule has 0 spiro atoms. The smallest absolute Gasteiger partial charge is 0.154 e. The van der Waals surface area contributed by atoms with Crippen LogP contribution in [0.25, 0.3) is 5.82 Å². The molecule has 5 heteroatoms. The van der Waals surface area contributed by atoms with Crippen molar-refractivity contribution in [2.75, 3.05) is 0 Å². The van der Waals surface area contributed by atoms with Gasteiger partial charge in [0.2, 0.25) is 0 Å². The molecule has 0 aromatic carbocycles. The van der Waals surface area contributed by atoms with Crippen LogP contribution in [0, 0.1) is 18.3 Å². The fourth-order valence-corrected chi connectivity index (χ4v) is 1.54. The third kappa shape index (κ3) is 2.05. The molecule has 0 fully saturated rings. The van der Waals surface area contributed by atoms with Crippen LogP contribution < -0.4 is 0 Å². The molecule has 0 saturated heterocycles. The molecule has 0 unspecified atom stereocenters. The predicted octanol–water partition coefficient (Wildman–Crippen LogP) is 2.21. The van der Waals surface area contributed by atoms with Gasteiger partial charge in [-0.05, 0) is 28.9 Å². The number of pyridine rings is 1. The van der Waals surface area contributed by atoms with Crippen molar-refractivity contribution in [1.82, 2.24) is 14.8 Å². The Morgan fingerprint density at radius 2 is 2.27 bits per heavy atom. The van der Waals surface area contributed by atoms with Crippen LogP contribution in [0.4, 0.5) is 0 Å². The monoisotopic (exact) mass is 262 g/mol. The van der Waals surface area contributed by atoms with Gasteiger partial charge in [0.1, 0.15) is 0 Å². The summed E-state index contributed by atoms with van der Waals surface area (Å²) in [5.74, 6) is 0.650. The first-order chi connectivity index (χ1) is 7.19. The maximum Gasteiger partial charge on any atom is 0.154 e. The van der Waals surface area contributed by atoms with Gasteiger partial charge in [-0.15, -0.1) is 0 Å². The van der Waals surface area contributed by atoms with E-state index in [4.69, 9.17) is 5.26 Å². The lowest BCUT2D eigenvalue weighted by Crippen LogP contribution is -1.99. The molecule has 74 valence electrons. The third-order valence-electron chi connectivity index (χ3n) is 1.85. The van der Waals surface area contributed by atoms with Gasteiger partial charge in [-0.25, -0.2) is 9.67 Å². The van der Waals surface area contributed by atoms with Gasteiger partial charge in [0.05, 0.1) is 22.3 Å².